The lowest BCUT2D eigenvalue weighted by atomic mass is 9.76. The molecule has 0 radical (unpaired) electrons. The van der Waals surface area contributed by atoms with Gasteiger partial charge in [0.1, 0.15) is 0 Å². The molecule has 1 aromatic carbocycles. The highest BCUT2D eigenvalue weighted by atomic mass is 14.3. The quantitative estimate of drug-likeness (QED) is 0.616. The first-order valence-corrected chi connectivity index (χ1v) is 5.84. The van der Waals surface area contributed by atoms with Crippen LogP contribution in [0.25, 0.3) is 0 Å². The summed E-state index contributed by atoms with van der Waals surface area (Å²) in [6, 6.07) is 9.14. The average molecular weight is 188 g/mol. The van der Waals surface area contributed by atoms with Crippen LogP contribution in [-0.4, -0.2) is 0 Å². The summed E-state index contributed by atoms with van der Waals surface area (Å²) >= 11 is 0. The molecule has 1 aliphatic carbocycles. The van der Waals surface area contributed by atoms with E-state index in [4.69, 9.17) is 0 Å². The molecule has 0 heterocycles. The Labute approximate surface area is 87.3 Å². The van der Waals surface area contributed by atoms with Crippen LogP contribution >= 0.6 is 0 Å². The fourth-order valence-electron chi connectivity index (χ4n) is 2.63. The topological polar surface area (TPSA) is 0 Å². The Morgan fingerprint density at radius 3 is 2.29 bits per heavy atom. The van der Waals surface area contributed by atoms with Crippen LogP contribution in [0.2, 0.25) is 0 Å². The second-order valence-electron chi connectivity index (χ2n) is 4.78. The van der Waals surface area contributed by atoms with Gasteiger partial charge in [-0.1, -0.05) is 56.0 Å². The van der Waals surface area contributed by atoms with Crippen LogP contribution in [-0.2, 0) is 0 Å². The largest absolute Gasteiger partial charge is 0.0619 e. The standard InChI is InChI=1S/C14H20/c1-11-7-9-13(10-8-11)14-6-4-3-5-12(14)2/h7-10,12,14H,3-6H2,1-2H3/t12-,14-/m1/s1. The highest BCUT2D eigenvalue weighted by Crippen LogP contribution is 2.37. The normalized spacial score (nSPS) is 27.6. The van der Waals surface area contributed by atoms with Crippen LogP contribution in [0.15, 0.2) is 24.3 Å². The van der Waals surface area contributed by atoms with Crippen LogP contribution in [0.5, 0.6) is 0 Å². The summed E-state index contributed by atoms with van der Waals surface area (Å²) in [6.45, 7) is 4.57. The average Bonchev–Trinajstić information content (AvgIpc) is 2.20. The van der Waals surface area contributed by atoms with Crippen LogP contribution in [0, 0.1) is 12.8 Å². The van der Waals surface area contributed by atoms with Gasteiger partial charge in [0, 0.05) is 0 Å². The molecule has 0 saturated heterocycles. The Morgan fingerprint density at radius 2 is 1.64 bits per heavy atom. The Balaban J connectivity index is 2.16. The Kier molecular flexibility index (Phi) is 2.90. The molecular weight excluding hydrogens is 168 g/mol. The lowest BCUT2D eigenvalue weighted by molar-refractivity contribution is 0.330. The summed E-state index contributed by atoms with van der Waals surface area (Å²) in [5.74, 6) is 1.70. The van der Waals surface area contributed by atoms with E-state index in [1.165, 1.54) is 31.2 Å². The summed E-state index contributed by atoms with van der Waals surface area (Å²) in [5, 5.41) is 0. The number of benzene rings is 1. The number of hydrogen-bond donors (Lipinski definition) is 0. The lowest BCUT2D eigenvalue weighted by Crippen LogP contribution is -2.14. The maximum Gasteiger partial charge on any atom is -0.0136 e. The third kappa shape index (κ3) is 2.00. The van der Waals surface area contributed by atoms with Gasteiger partial charge in [-0.25, -0.2) is 0 Å². The molecule has 0 unspecified atom stereocenters. The molecule has 0 heteroatoms. The maximum atomic E-state index is 2.41. The third-order valence-corrected chi connectivity index (χ3v) is 3.62. The van der Waals surface area contributed by atoms with Crippen molar-refractivity contribution in [1.29, 1.82) is 0 Å². The van der Waals surface area contributed by atoms with Gasteiger partial charge >= 0.3 is 0 Å². The van der Waals surface area contributed by atoms with E-state index >= 15 is 0 Å². The van der Waals surface area contributed by atoms with Crippen LogP contribution in [0.1, 0.15) is 49.7 Å². The smallest absolute Gasteiger partial charge is 0.0136 e. The van der Waals surface area contributed by atoms with Gasteiger partial charge in [-0.15, -0.1) is 0 Å². The van der Waals surface area contributed by atoms with Gasteiger partial charge in [-0.3, -0.25) is 0 Å². The minimum absolute atomic E-state index is 0.823. The molecule has 0 aromatic heterocycles. The third-order valence-electron chi connectivity index (χ3n) is 3.62. The van der Waals surface area contributed by atoms with E-state index in [9.17, 15) is 0 Å². The summed E-state index contributed by atoms with van der Waals surface area (Å²) < 4.78 is 0. The number of hydrogen-bond acceptors (Lipinski definition) is 0. The molecule has 1 saturated carbocycles. The van der Waals surface area contributed by atoms with Gasteiger partial charge in [0.2, 0.25) is 0 Å². The van der Waals surface area contributed by atoms with E-state index < -0.39 is 0 Å². The van der Waals surface area contributed by atoms with Crippen molar-refractivity contribution in [2.45, 2.75) is 45.4 Å². The van der Waals surface area contributed by atoms with Crippen molar-refractivity contribution in [3.05, 3.63) is 35.4 Å². The highest BCUT2D eigenvalue weighted by Gasteiger charge is 2.22. The minimum atomic E-state index is 0.823. The van der Waals surface area contributed by atoms with Gasteiger partial charge < -0.3 is 0 Å². The predicted molar refractivity (Wildman–Crippen MR) is 61.6 cm³/mol. The van der Waals surface area contributed by atoms with Crippen molar-refractivity contribution in [2.75, 3.05) is 0 Å². The van der Waals surface area contributed by atoms with Crippen molar-refractivity contribution in [2.24, 2.45) is 5.92 Å². The van der Waals surface area contributed by atoms with Crippen molar-refractivity contribution in [3.63, 3.8) is 0 Å². The molecule has 0 amide bonds. The highest BCUT2D eigenvalue weighted by molar-refractivity contribution is 5.25. The predicted octanol–water partition coefficient (Wildman–Crippen LogP) is 4.29. The van der Waals surface area contributed by atoms with Crippen LogP contribution in [0.3, 0.4) is 0 Å². The van der Waals surface area contributed by atoms with Crippen molar-refractivity contribution in [1.82, 2.24) is 0 Å². The first-order chi connectivity index (χ1) is 6.77. The molecule has 0 nitrogen and oxygen atoms in total. The van der Waals surface area contributed by atoms with E-state index in [-0.39, 0.29) is 0 Å². The van der Waals surface area contributed by atoms with Gasteiger partial charge in [-0.05, 0) is 30.7 Å². The molecule has 1 aliphatic rings. The Hall–Kier alpha value is -0.780. The zero-order valence-corrected chi connectivity index (χ0v) is 9.29. The first-order valence-electron chi connectivity index (χ1n) is 5.84. The summed E-state index contributed by atoms with van der Waals surface area (Å²) in [4.78, 5) is 0. The van der Waals surface area contributed by atoms with Crippen molar-refractivity contribution >= 4 is 0 Å². The second-order valence-corrected chi connectivity index (χ2v) is 4.78. The fourth-order valence-corrected chi connectivity index (χ4v) is 2.63. The van der Waals surface area contributed by atoms with Gasteiger partial charge in [0.15, 0.2) is 0 Å². The molecule has 0 N–H and O–H groups in total. The zero-order chi connectivity index (χ0) is 9.97. The first kappa shape index (κ1) is 9.76. The molecule has 14 heavy (non-hydrogen) atoms. The molecule has 1 fully saturated rings. The van der Waals surface area contributed by atoms with E-state index in [0.29, 0.717) is 0 Å². The number of rotatable bonds is 1. The van der Waals surface area contributed by atoms with E-state index in [1.54, 1.807) is 5.56 Å². The Bertz CT molecular complexity index is 283. The lowest BCUT2D eigenvalue weighted by Gasteiger charge is -2.29. The Morgan fingerprint density at radius 1 is 1.00 bits per heavy atom. The summed E-state index contributed by atoms with van der Waals surface area (Å²) in [6.07, 6.45) is 5.66. The minimum Gasteiger partial charge on any atom is -0.0619 e. The van der Waals surface area contributed by atoms with Gasteiger partial charge in [0.05, 0.1) is 0 Å². The van der Waals surface area contributed by atoms with Gasteiger partial charge in [0.25, 0.3) is 0 Å². The van der Waals surface area contributed by atoms with Crippen LogP contribution < -0.4 is 0 Å². The molecular formula is C14H20. The number of aryl methyl sites for hydroxylation is 1. The molecule has 2 atom stereocenters. The molecule has 1 aromatic rings. The fraction of sp³-hybridized carbons (Fsp3) is 0.571. The van der Waals surface area contributed by atoms with E-state index in [2.05, 4.69) is 38.1 Å². The second kappa shape index (κ2) is 4.16. The molecule has 0 aliphatic heterocycles. The zero-order valence-electron chi connectivity index (χ0n) is 9.29. The molecule has 0 bridgehead atoms. The van der Waals surface area contributed by atoms with Crippen molar-refractivity contribution in [3.8, 4) is 0 Å². The van der Waals surface area contributed by atoms with Crippen LogP contribution in [0.4, 0.5) is 0 Å². The summed E-state index contributed by atoms with van der Waals surface area (Å²) in [5.41, 5.74) is 2.93. The summed E-state index contributed by atoms with van der Waals surface area (Å²) in [7, 11) is 0. The SMILES string of the molecule is Cc1ccc([C@@H]2CCCC[C@H]2C)cc1. The molecule has 2 rings (SSSR count). The maximum absolute atomic E-state index is 2.41. The molecule has 0 spiro atoms. The van der Waals surface area contributed by atoms with E-state index in [0.717, 1.165) is 11.8 Å². The van der Waals surface area contributed by atoms with E-state index in [1.807, 2.05) is 0 Å². The monoisotopic (exact) mass is 188 g/mol. The van der Waals surface area contributed by atoms with Gasteiger partial charge in [-0.2, -0.15) is 0 Å². The molecule has 76 valence electrons. The van der Waals surface area contributed by atoms with Crippen molar-refractivity contribution < 1.29 is 0 Å².